The third kappa shape index (κ3) is 5.39. The summed E-state index contributed by atoms with van der Waals surface area (Å²) in [5.74, 6) is -0.00679. The average Bonchev–Trinajstić information content (AvgIpc) is 2.66. The lowest BCUT2D eigenvalue weighted by atomic mass is 10.0. The van der Waals surface area contributed by atoms with Crippen LogP contribution >= 0.6 is 0 Å². The number of amides is 1. The highest BCUT2D eigenvalue weighted by molar-refractivity contribution is 6.09. The van der Waals surface area contributed by atoms with Crippen LogP contribution in [0.5, 0.6) is 5.75 Å². The lowest BCUT2D eigenvalue weighted by molar-refractivity contribution is -0.133. The van der Waals surface area contributed by atoms with Crippen LogP contribution in [0.25, 0.3) is 0 Å². The van der Waals surface area contributed by atoms with E-state index in [-0.39, 0.29) is 24.1 Å². The lowest BCUT2D eigenvalue weighted by Gasteiger charge is -2.24. The number of ether oxygens (including phenoxy) is 1. The molecule has 1 saturated heterocycles. The zero-order valence-corrected chi connectivity index (χ0v) is 15.3. The molecule has 0 atom stereocenters. The van der Waals surface area contributed by atoms with Crippen molar-refractivity contribution in [3.8, 4) is 5.75 Å². The molecule has 5 heteroatoms. The fraction of sp³-hybridized carbons (Fsp3) is 0.364. The molecule has 142 valence electrons. The molecule has 0 aliphatic carbocycles. The van der Waals surface area contributed by atoms with Crippen LogP contribution in [0.2, 0.25) is 0 Å². The number of likely N-dealkylation sites (tertiary alicyclic amines) is 1. The number of halogens is 1. The molecule has 1 amide bonds. The Morgan fingerprint density at radius 3 is 1.93 bits per heavy atom. The second-order valence-corrected chi connectivity index (χ2v) is 6.80. The van der Waals surface area contributed by atoms with Crippen molar-refractivity contribution in [2.45, 2.75) is 32.1 Å². The molecule has 4 nitrogen and oxygen atoms in total. The Labute approximate surface area is 158 Å². The van der Waals surface area contributed by atoms with E-state index >= 15 is 0 Å². The highest BCUT2D eigenvalue weighted by Crippen LogP contribution is 2.17. The normalized spacial score (nSPS) is 14.9. The second-order valence-electron chi connectivity index (χ2n) is 6.80. The van der Waals surface area contributed by atoms with Gasteiger partial charge in [0.2, 0.25) is 0 Å². The smallest absolute Gasteiger partial charge is 0.260 e. The van der Waals surface area contributed by atoms with Gasteiger partial charge in [0.25, 0.3) is 5.91 Å². The molecule has 2 aromatic carbocycles. The first kappa shape index (κ1) is 19.1. The van der Waals surface area contributed by atoms with E-state index in [9.17, 15) is 14.0 Å². The maximum absolute atomic E-state index is 13.0. The SMILES string of the molecule is O=C(c1ccc(F)cc1)c1ccc(OCC(=O)N2CCCCCCC2)cc1. The monoisotopic (exact) mass is 369 g/mol. The minimum atomic E-state index is -0.375. The highest BCUT2D eigenvalue weighted by Gasteiger charge is 2.15. The number of benzene rings is 2. The summed E-state index contributed by atoms with van der Waals surface area (Å²) in [4.78, 5) is 26.6. The van der Waals surface area contributed by atoms with E-state index in [0.717, 1.165) is 25.9 Å². The van der Waals surface area contributed by atoms with Crippen molar-refractivity contribution in [3.63, 3.8) is 0 Å². The predicted octanol–water partition coefficient (Wildman–Crippen LogP) is 4.23. The van der Waals surface area contributed by atoms with Crippen LogP contribution in [-0.4, -0.2) is 36.3 Å². The molecule has 0 bridgehead atoms. The number of hydrogen-bond acceptors (Lipinski definition) is 3. The van der Waals surface area contributed by atoms with E-state index in [4.69, 9.17) is 4.74 Å². The van der Waals surface area contributed by atoms with E-state index in [1.165, 1.54) is 43.5 Å². The predicted molar refractivity (Wildman–Crippen MR) is 101 cm³/mol. The molecule has 1 aliphatic heterocycles. The fourth-order valence-electron chi connectivity index (χ4n) is 3.20. The Morgan fingerprint density at radius 1 is 0.815 bits per heavy atom. The Hall–Kier alpha value is -2.69. The highest BCUT2D eigenvalue weighted by atomic mass is 19.1. The van der Waals surface area contributed by atoms with Gasteiger partial charge in [-0.25, -0.2) is 4.39 Å². The van der Waals surface area contributed by atoms with Gasteiger partial charge in [0.05, 0.1) is 0 Å². The van der Waals surface area contributed by atoms with Crippen molar-refractivity contribution in [2.24, 2.45) is 0 Å². The topological polar surface area (TPSA) is 46.6 Å². The van der Waals surface area contributed by atoms with Crippen molar-refractivity contribution in [1.82, 2.24) is 4.90 Å². The molecule has 1 aliphatic rings. The summed E-state index contributed by atoms with van der Waals surface area (Å²) in [6.45, 7) is 1.60. The third-order valence-electron chi connectivity index (χ3n) is 4.79. The molecule has 27 heavy (non-hydrogen) atoms. The second kappa shape index (κ2) is 9.31. The number of carbonyl (C=O) groups is 2. The van der Waals surface area contributed by atoms with Gasteiger partial charge < -0.3 is 9.64 Å². The summed E-state index contributed by atoms with van der Waals surface area (Å²) in [6.07, 6.45) is 5.70. The summed E-state index contributed by atoms with van der Waals surface area (Å²) < 4.78 is 18.6. The molecule has 0 radical (unpaired) electrons. The quantitative estimate of drug-likeness (QED) is 0.741. The first-order chi connectivity index (χ1) is 13.1. The van der Waals surface area contributed by atoms with E-state index in [1.54, 1.807) is 24.3 Å². The van der Waals surface area contributed by atoms with Crippen LogP contribution in [0.3, 0.4) is 0 Å². The van der Waals surface area contributed by atoms with Gasteiger partial charge in [0, 0.05) is 24.2 Å². The molecular formula is C22H24FNO3. The van der Waals surface area contributed by atoms with Crippen molar-refractivity contribution < 1.29 is 18.7 Å². The van der Waals surface area contributed by atoms with Crippen LogP contribution in [0.4, 0.5) is 4.39 Å². The van der Waals surface area contributed by atoms with Gasteiger partial charge >= 0.3 is 0 Å². The molecule has 2 aromatic rings. The Balaban J connectivity index is 1.54. The van der Waals surface area contributed by atoms with E-state index in [2.05, 4.69) is 0 Å². The first-order valence-corrected chi connectivity index (χ1v) is 9.44. The summed E-state index contributed by atoms with van der Waals surface area (Å²) in [5.41, 5.74) is 0.918. The molecule has 0 N–H and O–H groups in total. The van der Waals surface area contributed by atoms with Crippen LogP contribution in [0, 0.1) is 5.82 Å². The van der Waals surface area contributed by atoms with E-state index in [1.807, 2.05) is 4.90 Å². The maximum Gasteiger partial charge on any atom is 0.260 e. The van der Waals surface area contributed by atoms with Crippen LogP contribution in [0.15, 0.2) is 48.5 Å². The maximum atomic E-state index is 13.0. The van der Waals surface area contributed by atoms with Crippen molar-refractivity contribution >= 4 is 11.7 Å². The first-order valence-electron chi connectivity index (χ1n) is 9.44. The van der Waals surface area contributed by atoms with Crippen molar-refractivity contribution in [1.29, 1.82) is 0 Å². The van der Waals surface area contributed by atoms with E-state index < -0.39 is 0 Å². The Bertz CT molecular complexity index is 763. The van der Waals surface area contributed by atoms with Gasteiger partial charge in [0.15, 0.2) is 12.4 Å². The molecular weight excluding hydrogens is 345 g/mol. The molecule has 0 spiro atoms. The molecule has 0 saturated carbocycles. The van der Waals surface area contributed by atoms with Gasteiger partial charge in [-0.05, 0) is 61.4 Å². The minimum absolute atomic E-state index is 0.00312. The summed E-state index contributed by atoms with van der Waals surface area (Å²) in [5, 5.41) is 0. The van der Waals surface area contributed by atoms with Gasteiger partial charge in [-0.3, -0.25) is 9.59 Å². The number of hydrogen-bond donors (Lipinski definition) is 0. The standard InChI is InChI=1S/C22H24FNO3/c23-19-10-6-17(7-11-19)22(26)18-8-12-20(13-9-18)27-16-21(25)24-14-4-2-1-3-5-15-24/h6-13H,1-5,14-16H2. The van der Waals surface area contributed by atoms with Gasteiger partial charge in [-0.1, -0.05) is 19.3 Å². The van der Waals surface area contributed by atoms with Crippen molar-refractivity contribution in [2.75, 3.05) is 19.7 Å². The number of rotatable bonds is 5. The van der Waals surface area contributed by atoms with Crippen LogP contribution < -0.4 is 4.74 Å². The average molecular weight is 369 g/mol. The van der Waals surface area contributed by atoms with Gasteiger partial charge in [0.1, 0.15) is 11.6 Å². The number of nitrogens with zero attached hydrogens (tertiary/aromatic N) is 1. The summed E-state index contributed by atoms with van der Waals surface area (Å²) in [7, 11) is 0. The summed E-state index contributed by atoms with van der Waals surface area (Å²) >= 11 is 0. The number of ketones is 1. The van der Waals surface area contributed by atoms with Gasteiger partial charge in [-0.15, -0.1) is 0 Å². The molecule has 0 unspecified atom stereocenters. The zero-order valence-electron chi connectivity index (χ0n) is 15.3. The fourth-order valence-corrected chi connectivity index (χ4v) is 3.20. The largest absolute Gasteiger partial charge is 0.484 e. The third-order valence-corrected chi connectivity index (χ3v) is 4.79. The van der Waals surface area contributed by atoms with Crippen molar-refractivity contribution in [3.05, 3.63) is 65.5 Å². The van der Waals surface area contributed by atoms with Gasteiger partial charge in [-0.2, -0.15) is 0 Å². The molecule has 3 rings (SSSR count). The van der Waals surface area contributed by atoms with Crippen LogP contribution in [-0.2, 0) is 4.79 Å². The van der Waals surface area contributed by atoms with E-state index in [0.29, 0.717) is 16.9 Å². The molecule has 1 heterocycles. The lowest BCUT2D eigenvalue weighted by Crippen LogP contribution is -2.37. The minimum Gasteiger partial charge on any atom is -0.484 e. The summed E-state index contributed by atoms with van der Waals surface area (Å²) in [6, 6.07) is 12.1. The number of carbonyl (C=O) groups excluding carboxylic acids is 2. The molecule has 0 aromatic heterocycles. The molecule has 1 fully saturated rings. The Morgan fingerprint density at radius 2 is 1.33 bits per heavy atom. The van der Waals surface area contributed by atoms with Crippen LogP contribution in [0.1, 0.15) is 48.0 Å². The Kier molecular flexibility index (Phi) is 6.58. The zero-order chi connectivity index (χ0) is 19.1.